The van der Waals surface area contributed by atoms with Crippen LogP contribution in [-0.2, 0) is 9.59 Å². The summed E-state index contributed by atoms with van der Waals surface area (Å²) < 4.78 is 0. The molecule has 1 amide bonds. The zero-order chi connectivity index (χ0) is 8.43. The number of carboxylic acids is 1. The average molecular weight is 155 g/mol. The Kier molecular flexibility index (Phi) is 1.94. The van der Waals surface area contributed by atoms with Gasteiger partial charge in [-0.15, -0.1) is 6.58 Å². The van der Waals surface area contributed by atoms with E-state index in [1.54, 1.807) is 0 Å². The van der Waals surface area contributed by atoms with Gasteiger partial charge >= 0.3 is 5.97 Å². The summed E-state index contributed by atoms with van der Waals surface area (Å²) in [5, 5.41) is 11.0. The van der Waals surface area contributed by atoms with Crippen molar-refractivity contribution < 1.29 is 14.7 Å². The molecule has 0 aliphatic carbocycles. The molecule has 1 saturated heterocycles. The van der Waals surface area contributed by atoms with Gasteiger partial charge in [0.05, 0.1) is 0 Å². The molecule has 0 saturated carbocycles. The summed E-state index contributed by atoms with van der Waals surface area (Å²) in [5.41, 5.74) is 0. The standard InChI is InChI=1S/C7H9NO3/c1-2-4-3-8-6(9)5(4)7(10)11/h2,4-5H,1,3H2,(H,8,9)(H,10,11)/t4-,5+/m0/s1. The molecule has 0 aromatic rings. The van der Waals surface area contributed by atoms with E-state index in [9.17, 15) is 9.59 Å². The number of hydrogen-bond donors (Lipinski definition) is 2. The zero-order valence-electron chi connectivity index (χ0n) is 5.91. The van der Waals surface area contributed by atoms with Gasteiger partial charge in [0.2, 0.25) is 5.91 Å². The Bertz CT molecular complexity index is 212. The fraction of sp³-hybridized carbons (Fsp3) is 0.429. The first-order valence-electron chi connectivity index (χ1n) is 3.30. The lowest BCUT2D eigenvalue weighted by Gasteiger charge is -2.05. The van der Waals surface area contributed by atoms with Crippen molar-refractivity contribution in [1.29, 1.82) is 0 Å². The van der Waals surface area contributed by atoms with Crippen molar-refractivity contribution in [3.8, 4) is 0 Å². The smallest absolute Gasteiger partial charge is 0.316 e. The molecule has 1 heterocycles. The first-order valence-corrected chi connectivity index (χ1v) is 3.30. The highest BCUT2D eigenvalue weighted by atomic mass is 16.4. The van der Waals surface area contributed by atoms with Crippen LogP contribution in [0.2, 0.25) is 0 Å². The third-order valence-electron chi connectivity index (χ3n) is 1.79. The van der Waals surface area contributed by atoms with Crippen LogP contribution >= 0.6 is 0 Å². The van der Waals surface area contributed by atoms with E-state index in [4.69, 9.17) is 5.11 Å². The van der Waals surface area contributed by atoms with E-state index in [0.717, 1.165) is 0 Å². The molecule has 1 aliphatic rings. The van der Waals surface area contributed by atoms with Crippen LogP contribution in [0.1, 0.15) is 0 Å². The SMILES string of the molecule is C=C[C@H]1CNC(=O)[C@@H]1C(=O)O. The second-order valence-electron chi connectivity index (χ2n) is 2.46. The number of rotatable bonds is 2. The topological polar surface area (TPSA) is 66.4 Å². The molecule has 60 valence electrons. The van der Waals surface area contributed by atoms with Crippen molar-refractivity contribution in [2.75, 3.05) is 6.54 Å². The molecular formula is C7H9NO3. The molecule has 11 heavy (non-hydrogen) atoms. The van der Waals surface area contributed by atoms with Crippen molar-refractivity contribution in [2.45, 2.75) is 0 Å². The van der Waals surface area contributed by atoms with Gasteiger partial charge in [-0.2, -0.15) is 0 Å². The van der Waals surface area contributed by atoms with Crippen molar-refractivity contribution in [2.24, 2.45) is 11.8 Å². The molecule has 0 radical (unpaired) electrons. The lowest BCUT2D eigenvalue weighted by atomic mass is 9.96. The first-order chi connectivity index (χ1) is 5.16. The minimum Gasteiger partial charge on any atom is -0.481 e. The number of amides is 1. The highest BCUT2D eigenvalue weighted by molar-refractivity contribution is 5.99. The summed E-state index contributed by atoms with van der Waals surface area (Å²) in [5.74, 6) is -2.69. The molecule has 0 spiro atoms. The van der Waals surface area contributed by atoms with Gasteiger partial charge in [-0.25, -0.2) is 0 Å². The van der Waals surface area contributed by atoms with Gasteiger partial charge in [-0.1, -0.05) is 6.08 Å². The summed E-state index contributed by atoms with van der Waals surface area (Å²) in [7, 11) is 0. The minimum absolute atomic E-state index is 0.264. The molecule has 0 aromatic carbocycles. The molecule has 1 aliphatic heterocycles. The Morgan fingerprint density at radius 3 is 2.82 bits per heavy atom. The third kappa shape index (κ3) is 1.24. The van der Waals surface area contributed by atoms with E-state index >= 15 is 0 Å². The fourth-order valence-electron chi connectivity index (χ4n) is 1.16. The first kappa shape index (κ1) is 7.78. The zero-order valence-corrected chi connectivity index (χ0v) is 5.91. The van der Waals surface area contributed by atoms with E-state index in [0.29, 0.717) is 6.54 Å². The molecule has 0 aromatic heterocycles. The number of carbonyl (C=O) groups is 2. The van der Waals surface area contributed by atoms with Crippen LogP contribution in [0.25, 0.3) is 0 Å². The molecule has 1 fully saturated rings. The van der Waals surface area contributed by atoms with Crippen molar-refractivity contribution in [3.63, 3.8) is 0 Å². The van der Waals surface area contributed by atoms with Gasteiger partial charge in [0.25, 0.3) is 0 Å². The molecule has 4 heteroatoms. The lowest BCUT2D eigenvalue weighted by molar-refractivity contribution is -0.146. The summed E-state index contributed by atoms with van der Waals surface area (Å²) in [4.78, 5) is 21.3. The second kappa shape index (κ2) is 2.74. The fourth-order valence-corrected chi connectivity index (χ4v) is 1.16. The normalized spacial score (nSPS) is 29.6. The lowest BCUT2D eigenvalue weighted by Crippen LogP contribution is -2.26. The summed E-state index contributed by atoms with van der Waals surface area (Å²) in [6.45, 7) is 3.84. The molecular weight excluding hydrogens is 146 g/mol. The van der Waals surface area contributed by atoms with Crippen LogP contribution in [-0.4, -0.2) is 23.5 Å². The number of nitrogens with one attached hydrogen (secondary N) is 1. The Morgan fingerprint density at radius 1 is 1.82 bits per heavy atom. The number of carboxylic acid groups (broad SMARTS) is 1. The molecule has 2 atom stereocenters. The van der Waals surface area contributed by atoms with Crippen LogP contribution in [0.15, 0.2) is 12.7 Å². The summed E-state index contributed by atoms with van der Waals surface area (Å²) in [6, 6.07) is 0. The van der Waals surface area contributed by atoms with E-state index in [1.165, 1.54) is 6.08 Å². The van der Waals surface area contributed by atoms with Gasteiger partial charge in [0, 0.05) is 12.5 Å². The maximum absolute atomic E-state index is 10.8. The van der Waals surface area contributed by atoms with Crippen molar-refractivity contribution in [1.82, 2.24) is 5.32 Å². The molecule has 2 N–H and O–H groups in total. The van der Waals surface area contributed by atoms with Crippen molar-refractivity contribution in [3.05, 3.63) is 12.7 Å². The highest BCUT2D eigenvalue weighted by Gasteiger charge is 2.38. The summed E-state index contributed by atoms with van der Waals surface area (Å²) in [6.07, 6.45) is 1.50. The van der Waals surface area contributed by atoms with E-state index in [2.05, 4.69) is 11.9 Å². The largest absolute Gasteiger partial charge is 0.481 e. The number of aliphatic carboxylic acids is 1. The Labute approximate surface area is 63.9 Å². The summed E-state index contributed by atoms with van der Waals surface area (Å²) >= 11 is 0. The maximum Gasteiger partial charge on any atom is 0.316 e. The van der Waals surface area contributed by atoms with Gasteiger partial charge in [0.15, 0.2) is 0 Å². The number of carbonyl (C=O) groups excluding carboxylic acids is 1. The Hall–Kier alpha value is -1.32. The predicted octanol–water partition coefficient (Wildman–Crippen LogP) is -0.381. The molecule has 0 bridgehead atoms. The average Bonchev–Trinajstić information content (AvgIpc) is 2.30. The third-order valence-corrected chi connectivity index (χ3v) is 1.79. The van der Waals surface area contributed by atoms with Gasteiger partial charge in [0.1, 0.15) is 5.92 Å². The van der Waals surface area contributed by atoms with Crippen LogP contribution in [0.4, 0.5) is 0 Å². The minimum atomic E-state index is -1.08. The van der Waals surface area contributed by atoms with Gasteiger partial charge < -0.3 is 10.4 Å². The van der Waals surface area contributed by atoms with E-state index in [-0.39, 0.29) is 5.92 Å². The highest BCUT2D eigenvalue weighted by Crippen LogP contribution is 2.18. The van der Waals surface area contributed by atoms with Crippen molar-refractivity contribution >= 4 is 11.9 Å². The quantitative estimate of drug-likeness (QED) is 0.422. The van der Waals surface area contributed by atoms with E-state index in [1.807, 2.05) is 0 Å². The van der Waals surface area contributed by atoms with Gasteiger partial charge in [-0.3, -0.25) is 9.59 Å². The molecule has 1 rings (SSSR count). The Morgan fingerprint density at radius 2 is 2.45 bits per heavy atom. The van der Waals surface area contributed by atoms with Crippen LogP contribution in [0.3, 0.4) is 0 Å². The monoisotopic (exact) mass is 155 g/mol. The number of hydrogen-bond acceptors (Lipinski definition) is 2. The van der Waals surface area contributed by atoms with Gasteiger partial charge in [-0.05, 0) is 0 Å². The Balaban J connectivity index is 2.79. The molecule has 4 nitrogen and oxygen atoms in total. The predicted molar refractivity (Wildman–Crippen MR) is 37.8 cm³/mol. The van der Waals surface area contributed by atoms with E-state index < -0.39 is 17.8 Å². The van der Waals surface area contributed by atoms with Crippen LogP contribution in [0.5, 0.6) is 0 Å². The maximum atomic E-state index is 10.8. The van der Waals surface area contributed by atoms with Crippen LogP contribution < -0.4 is 5.32 Å². The second-order valence-corrected chi connectivity index (χ2v) is 2.46. The van der Waals surface area contributed by atoms with Crippen LogP contribution in [0, 0.1) is 11.8 Å². The molecule has 0 unspecified atom stereocenters.